The Labute approximate surface area is 167 Å². The summed E-state index contributed by atoms with van der Waals surface area (Å²) in [6, 6.07) is 8.93. The van der Waals surface area contributed by atoms with Gasteiger partial charge in [0, 0.05) is 13.1 Å². The van der Waals surface area contributed by atoms with Crippen LogP contribution in [0.25, 0.3) is 22.1 Å². The summed E-state index contributed by atoms with van der Waals surface area (Å²) < 4.78 is 4.60. The molecule has 0 aliphatic carbocycles. The Morgan fingerprint density at radius 1 is 0.571 bits per heavy atom. The number of nitrogens with zero attached hydrogens (tertiary/aromatic N) is 4. The third-order valence-electron chi connectivity index (χ3n) is 6.02. The Bertz CT molecular complexity index is 1030. The van der Waals surface area contributed by atoms with Crippen molar-refractivity contribution in [1.29, 1.82) is 0 Å². The van der Waals surface area contributed by atoms with Gasteiger partial charge in [0.05, 0.1) is 34.7 Å². The van der Waals surface area contributed by atoms with E-state index in [1.807, 2.05) is 12.7 Å². The lowest BCUT2D eigenvalue weighted by atomic mass is 10.1. The van der Waals surface area contributed by atoms with Gasteiger partial charge in [0.2, 0.25) is 0 Å². The molecule has 0 saturated carbocycles. The largest absolute Gasteiger partial charge is 0.331 e. The highest BCUT2D eigenvalue weighted by atomic mass is 15.0. The SMILES string of the molecule is Cc1cc2ncn(CCCCCCn3cnc4cc(C)c(C)cc43)c2cc1C. The molecule has 0 saturated heterocycles. The molecule has 0 amide bonds. The van der Waals surface area contributed by atoms with Gasteiger partial charge in [-0.05, 0) is 87.1 Å². The van der Waals surface area contributed by atoms with E-state index in [1.165, 1.54) is 59.0 Å². The van der Waals surface area contributed by atoms with Crippen LogP contribution in [0.15, 0.2) is 36.9 Å². The molecule has 0 spiro atoms. The molecule has 2 aromatic heterocycles. The van der Waals surface area contributed by atoms with E-state index >= 15 is 0 Å². The quantitative estimate of drug-likeness (QED) is 0.379. The van der Waals surface area contributed by atoms with Crippen LogP contribution in [0.1, 0.15) is 47.9 Å². The third-order valence-corrected chi connectivity index (χ3v) is 6.02. The Kier molecular flexibility index (Phi) is 5.21. The molecule has 0 bridgehead atoms. The molecule has 2 heterocycles. The maximum absolute atomic E-state index is 4.56. The van der Waals surface area contributed by atoms with Crippen molar-refractivity contribution in [3.63, 3.8) is 0 Å². The minimum absolute atomic E-state index is 1.05. The highest BCUT2D eigenvalue weighted by molar-refractivity contribution is 5.78. The predicted octanol–water partition coefficient (Wildman–Crippen LogP) is 5.88. The first-order valence-electron chi connectivity index (χ1n) is 10.4. The van der Waals surface area contributed by atoms with E-state index in [1.54, 1.807) is 0 Å². The highest BCUT2D eigenvalue weighted by Gasteiger charge is 2.06. The van der Waals surface area contributed by atoms with Gasteiger partial charge in [0.1, 0.15) is 0 Å². The van der Waals surface area contributed by atoms with Crippen molar-refractivity contribution in [3.8, 4) is 0 Å². The minimum Gasteiger partial charge on any atom is -0.331 e. The van der Waals surface area contributed by atoms with Crippen LogP contribution in [0, 0.1) is 27.7 Å². The third kappa shape index (κ3) is 3.68. The minimum atomic E-state index is 1.05. The zero-order valence-electron chi connectivity index (χ0n) is 17.5. The van der Waals surface area contributed by atoms with Crippen LogP contribution < -0.4 is 0 Å². The fraction of sp³-hybridized carbons (Fsp3) is 0.417. The second-order valence-corrected chi connectivity index (χ2v) is 8.14. The summed E-state index contributed by atoms with van der Waals surface area (Å²) in [6.07, 6.45) is 8.87. The Hall–Kier alpha value is -2.62. The van der Waals surface area contributed by atoms with E-state index < -0.39 is 0 Å². The van der Waals surface area contributed by atoms with Crippen LogP contribution in [-0.4, -0.2) is 19.1 Å². The lowest BCUT2D eigenvalue weighted by Gasteiger charge is -2.08. The van der Waals surface area contributed by atoms with Gasteiger partial charge in [-0.15, -0.1) is 0 Å². The predicted molar refractivity (Wildman–Crippen MR) is 117 cm³/mol. The van der Waals surface area contributed by atoms with Crippen molar-refractivity contribution >= 4 is 22.1 Å². The highest BCUT2D eigenvalue weighted by Crippen LogP contribution is 2.20. The molecule has 0 fully saturated rings. The molecule has 0 N–H and O–H groups in total. The monoisotopic (exact) mass is 374 g/mol. The topological polar surface area (TPSA) is 35.6 Å². The molecule has 146 valence electrons. The van der Waals surface area contributed by atoms with Crippen LogP contribution in [-0.2, 0) is 13.1 Å². The molecule has 4 rings (SSSR count). The molecular formula is C24H30N4. The fourth-order valence-corrected chi connectivity index (χ4v) is 3.90. The Morgan fingerprint density at radius 3 is 1.39 bits per heavy atom. The average Bonchev–Trinajstić information content (AvgIpc) is 3.23. The van der Waals surface area contributed by atoms with Gasteiger partial charge in [-0.25, -0.2) is 9.97 Å². The van der Waals surface area contributed by atoms with E-state index in [0.717, 1.165) is 24.1 Å². The maximum Gasteiger partial charge on any atom is 0.0958 e. The summed E-state index contributed by atoms with van der Waals surface area (Å²) in [4.78, 5) is 9.13. The zero-order chi connectivity index (χ0) is 19.7. The van der Waals surface area contributed by atoms with Crippen LogP contribution in [0.3, 0.4) is 0 Å². The molecule has 2 aromatic carbocycles. The van der Waals surface area contributed by atoms with Gasteiger partial charge in [0.25, 0.3) is 0 Å². The normalized spacial score (nSPS) is 11.7. The molecule has 0 aliphatic heterocycles. The Morgan fingerprint density at radius 2 is 0.964 bits per heavy atom. The summed E-state index contributed by atoms with van der Waals surface area (Å²) >= 11 is 0. The first-order valence-corrected chi connectivity index (χ1v) is 10.4. The number of aryl methyl sites for hydroxylation is 6. The van der Waals surface area contributed by atoms with Crippen LogP contribution in [0.5, 0.6) is 0 Å². The average molecular weight is 375 g/mol. The number of aromatic nitrogens is 4. The number of benzene rings is 2. The van der Waals surface area contributed by atoms with E-state index in [2.05, 4.69) is 71.1 Å². The molecular weight excluding hydrogens is 344 g/mol. The molecule has 4 aromatic rings. The van der Waals surface area contributed by atoms with Crippen molar-refractivity contribution in [2.24, 2.45) is 0 Å². The van der Waals surface area contributed by atoms with Crippen LogP contribution >= 0.6 is 0 Å². The Balaban J connectivity index is 1.28. The van der Waals surface area contributed by atoms with E-state index in [4.69, 9.17) is 0 Å². The molecule has 4 nitrogen and oxygen atoms in total. The summed E-state index contributed by atoms with van der Waals surface area (Å²) in [5, 5.41) is 0. The number of fused-ring (bicyclic) bond motifs is 2. The fourth-order valence-electron chi connectivity index (χ4n) is 3.90. The molecule has 0 atom stereocenters. The molecule has 0 unspecified atom stereocenters. The number of unbranched alkanes of at least 4 members (excludes halogenated alkanes) is 3. The number of rotatable bonds is 7. The van der Waals surface area contributed by atoms with E-state index in [9.17, 15) is 0 Å². The lowest BCUT2D eigenvalue weighted by Crippen LogP contribution is -1.99. The van der Waals surface area contributed by atoms with E-state index in [-0.39, 0.29) is 0 Å². The van der Waals surface area contributed by atoms with Crippen molar-refractivity contribution in [3.05, 3.63) is 59.2 Å². The van der Waals surface area contributed by atoms with Gasteiger partial charge in [-0.1, -0.05) is 12.8 Å². The first kappa shape index (κ1) is 18.7. The van der Waals surface area contributed by atoms with Gasteiger partial charge >= 0.3 is 0 Å². The summed E-state index contributed by atoms with van der Waals surface area (Å²) in [5.74, 6) is 0. The van der Waals surface area contributed by atoms with Crippen molar-refractivity contribution in [2.75, 3.05) is 0 Å². The van der Waals surface area contributed by atoms with Crippen molar-refractivity contribution < 1.29 is 0 Å². The summed E-state index contributed by atoms with van der Waals surface area (Å²) in [6.45, 7) is 10.7. The zero-order valence-corrected chi connectivity index (χ0v) is 17.5. The summed E-state index contributed by atoms with van der Waals surface area (Å²) in [7, 11) is 0. The van der Waals surface area contributed by atoms with Crippen molar-refractivity contribution in [1.82, 2.24) is 19.1 Å². The first-order chi connectivity index (χ1) is 13.5. The second-order valence-electron chi connectivity index (χ2n) is 8.14. The number of hydrogen-bond acceptors (Lipinski definition) is 2. The van der Waals surface area contributed by atoms with Gasteiger partial charge in [-0.3, -0.25) is 0 Å². The standard InChI is InChI=1S/C24H30N4/c1-17-11-21-23(13-19(17)3)27(15-25-21)9-7-5-6-8-10-28-16-26-22-12-18(2)20(4)14-24(22)28/h11-16H,5-10H2,1-4H3. The smallest absolute Gasteiger partial charge is 0.0958 e. The number of imidazole rings is 2. The maximum atomic E-state index is 4.56. The number of hydrogen-bond donors (Lipinski definition) is 0. The van der Waals surface area contributed by atoms with Gasteiger partial charge in [0.15, 0.2) is 0 Å². The molecule has 0 aliphatic rings. The van der Waals surface area contributed by atoms with Gasteiger partial charge in [-0.2, -0.15) is 0 Å². The van der Waals surface area contributed by atoms with Crippen LogP contribution in [0.2, 0.25) is 0 Å². The molecule has 28 heavy (non-hydrogen) atoms. The molecule has 4 heteroatoms. The lowest BCUT2D eigenvalue weighted by molar-refractivity contribution is 0.548. The van der Waals surface area contributed by atoms with Crippen LogP contribution in [0.4, 0.5) is 0 Å². The van der Waals surface area contributed by atoms with Crippen molar-refractivity contribution in [2.45, 2.75) is 66.5 Å². The molecule has 0 radical (unpaired) electrons. The van der Waals surface area contributed by atoms with E-state index in [0.29, 0.717) is 0 Å². The summed E-state index contributed by atoms with van der Waals surface area (Å²) in [5.41, 5.74) is 10.1. The second kappa shape index (κ2) is 7.78. The van der Waals surface area contributed by atoms with Gasteiger partial charge < -0.3 is 9.13 Å².